The summed E-state index contributed by atoms with van der Waals surface area (Å²) in [6.45, 7) is 9.32. The monoisotopic (exact) mass is 236 g/mol. The molecule has 16 heavy (non-hydrogen) atoms. The summed E-state index contributed by atoms with van der Waals surface area (Å²) in [6, 6.07) is 0. The zero-order valence-corrected chi connectivity index (χ0v) is 14.5. The van der Waals surface area contributed by atoms with Gasteiger partial charge in [0.2, 0.25) is 0 Å². The van der Waals surface area contributed by atoms with Gasteiger partial charge in [0, 0.05) is 0 Å². The first-order valence-electron chi connectivity index (χ1n) is 7.20. The van der Waals surface area contributed by atoms with Crippen molar-refractivity contribution in [2.45, 2.75) is 85.5 Å². The third kappa shape index (κ3) is 13.1. The molecule has 0 N–H and O–H groups in total. The Balaban J connectivity index is -0.000000980. The fraction of sp³-hybridized carbons (Fsp3) is 1.00. The summed E-state index contributed by atoms with van der Waals surface area (Å²) in [7, 11) is 0. The van der Waals surface area contributed by atoms with E-state index in [0.717, 1.165) is 11.8 Å². The summed E-state index contributed by atoms with van der Waals surface area (Å²) in [6.07, 6.45) is 12.9. The summed E-state index contributed by atoms with van der Waals surface area (Å²) < 4.78 is 0. The Morgan fingerprint density at radius 3 is 1.75 bits per heavy atom. The van der Waals surface area contributed by atoms with Crippen LogP contribution in [0.15, 0.2) is 0 Å². The average molecular weight is 236 g/mol. The predicted molar refractivity (Wildman–Crippen MR) is 72.3 cm³/mol. The van der Waals surface area contributed by atoms with Crippen LogP contribution in [0.2, 0.25) is 0 Å². The van der Waals surface area contributed by atoms with Gasteiger partial charge in [0.1, 0.15) is 0 Å². The van der Waals surface area contributed by atoms with Gasteiger partial charge in [0.15, 0.2) is 0 Å². The zero-order valence-electron chi connectivity index (χ0n) is 13.5. The molecule has 1 atom stereocenters. The number of unbranched alkanes of at least 4 members (excludes halogenated alkanes) is 3. The Labute approximate surface area is 128 Å². The minimum absolute atomic E-state index is 0. The maximum absolute atomic E-state index is 2.36. The molecule has 0 rings (SSSR count). The summed E-state index contributed by atoms with van der Waals surface area (Å²) in [5.74, 6) is 1.91. The van der Waals surface area contributed by atoms with E-state index in [1.165, 1.54) is 57.8 Å². The van der Waals surface area contributed by atoms with E-state index in [9.17, 15) is 0 Å². The van der Waals surface area contributed by atoms with Crippen LogP contribution in [0.4, 0.5) is 0 Å². The second kappa shape index (κ2) is 14.1. The second-order valence-corrected chi connectivity index (χ2v) is 5.45. The Morgan fingerprint density at radius 1 is 0.812 bits per heavy atom. The van der Waals surface area contributed by atoms with E-state index in [1.807, 2.05) is 0 Å². The van der Waals surface area contributed by atoms with E-state index in [-0.39, 0.29) is 31.0 Å². The van der Waals surface area contributed by atoms with Gasteiger partial charge in [0.05, 0.1) is 0 Å². The number of hydrogen-bond acceptors (Lipinski definition) is 0. The molecule has 0 aliphatic rings. The van der Waals surface area contributed by atoms with E-state index in [2.05, 4.69) is 27.7 Å². The molecule has 1 unspecified atom stereocenters. The molecule has 0 aliphatic heterocycles. The van der Waals surface area contributed by atoms with Gasteiger partial charge in [-0.2, -0.15) is 0 Å². The van der Waals surface area contributed by atoms with Gasteiger partial charge in [-0.3, -0.25) is 0 Å². The Bertz CT molecular complexity index is 126. The average Bonchev–Trinajstić information content (AvgIpc) is 2.21. The third-order valence-electron chi connectivity index (χ3n) is 3.44. The fourth-order valence-corrected chi connectivity index (χ4v) is 2.22. The third-order valence-corrected chi connectivity index (χ3v) is 3.44. The normalized spacial score (nSPS) is 12.6. The molecule has 0 aromatic carbocycles. The maximum atomic E-state index is 2.36. The molecule has 0 saturated carbocycles. The van der Waals surface area contributed by atoms with Gasteiger partial charge >= 0.3 is 29.6 Å². The van der Waals surface area contributed by atoms with Crippen LogP contribution in [0.25, 0.3) is 0 Å². The summed E-state index contributed by atoms with van der Waals surface area (Å²) in [4.78, 5) is 0. The van der Waals surface area contributed by atoms with Gasteiger partial charge in [-0.15, -0.1) is 0 Å². The van der Waals surface area contributed by atoms with Crippen molar-refractivity contribution < 1.29 is 31.0 Å². The maximum Gasteiger partial charge on any atom is 1.00 e. The first-order valence-corrected chi connectivity index (χ1v) is 7.20. The van der Waals surface area contributed by atoms with E-state index in [4.69, 9.17) is 0 Å². The molecule has 0 saturated heterocycles. The van der Waals surface area contributed by atoms with Gasteiger partial charge in [0.25, 0.3) is 0 Å². The van der Waals surface area contributed by atoms with Gasteiger partial charge < -0.3 is 1.43 Å². The minimum atomic E-state index is 0. The molecule has 0 bridgehead atoms. The van der Waals surface area contributed by atoms with E-state index >= 15 is 0 Å². The van der Waals surface area contributed by atoms with Crippen molar-refractivity contribution in [2.75, 3.05) is 0 Å². The van der Waals surface area contributed by atoms with Crippen LogP contribution >= 0.6 is 0 Å². The number of rotatable bonds is 10. The SMILES string of the molecule is CCCCCC(CC)CCCCC(C)C.[H-].[Na+]. The molecule has 94 valence electrons. The smallest absolute Gasteiger partial charge is 1.00 e. The quantitative estimate of drug-likeness (QED) is 0.404. The van der Waals surface area contributed by atoms with Crippen molar-refractivity contribution in [2.24, 2.45) is 11.8 Å². The topological polar surface area (TPSA) is 0 Å². The van der Waals surface area contributed by atoms with Gasteiger partial charge in [-0.05, 0) is 11.8 Å². The van der Waals surface area contributed by atoms with Crippen molar-refractivity contribution in [3.8, 4) is 0 Å². The van der Waals surface area contributed by atoms with Crippen molar-refractivity contribution in [3.05, 3.63) is 0 Å². The zero-order chi connectivity index (χ0) is 11.5. The molecule has 0 aromatic rings. The Morgan fingerprint density at radius 2 is 1.31 bits per heavy atom. The van der Waals surface area contributed by atoms with Crippen LogP contribution < -0.4 is 29.6 Å². The van der Waals surface area contributed by atoms with Crippen molar-refractivity contribution in [3.63, 3.8) is 0 Å². The molecular formula is C15H33Na. The molecule has 0 fully saturated rings. The molecule has 0 heterocycles. The van der Waals surface area contributed by atoms with E-state index in [0.29, 0.717) is 0 Å². The molecule has 0 spiro atoms. The van der Waals surface area contributed by atoms with Crippen molar-refractivity contribution in [1.29, 1.82) is 0 Å². The summed E-state index contributed by atoms with van der Waals surface area (Å²) in [5.41, 5.74) is 0. The molecule has 0 aromatic heterocycles. The second-order valence-electron chi connectivity index (χ2n) is 5.45. The first-order chi connectivity index (χ1) is 7.20. The van der Waals surface area contributed by atoms with Crippen LogP contribution in [0.1, 0.15) is 86.9 Å². The van der Waals surface area contributed by atoms with Crippen molar-refractivity contribution >= 4 is 0 Å². The summed E-state index contributed by atoms with van der Waals surface area (Å²) in [5, 5.41) is 0. The van der Waals surface area contributed by atoms with Crippen LogP contribution in [0, 0.1) is 11.8 Å². The Hall–Kier alpha value is 1.00. The molecule has 0 amide bonds. The van der Waals surface area contributed by atoms with Crippen molar-refractivity contribution in [1.82, 2.24) is 0 Å². The minimum Gasteiger partial charge on any atom is -1.00 e. The van der Waals surface area contributed by atoms with Gasteiger partial charge in [-0.25, -0.2) is 0 Å². The van der Waals surface area contributed by atoms with E-state index in [1.54, 1.807) is 0 Å². The van der Waals surface area contributed by atoms with Crippen LogP contribution in [-0.4, -0.2) is 0 Å². The fourth-order valence-electron chi connectivity index (χ4n) is 2.22. The molecule has 0 nitrogen and oxygen atoms in total. The standard InChI is InChI=1S/C15H32.Na.H/c1-5-7-8-12-15(6-2)13-10-9-11-14(3)4;;/h14-15H,5-13H2,1-4H3;;/q;+1;-1. The summed E-state index contributed by atoms with van der Waals surface area (Å²) >= 11 is 0. The largest absolute Gasteiger partial charge is 1.00 e. The van der Waals surface area contributed by atoms with Crippen LogP contribution in [0.3, 0.4) is 0 Å². The van der Waals surface area contributed by atoms with Gasteiger partial charge in [-0.1, -0.05) is 85.5 Å². The molecule has 0 radical (unpaired) electrons. The van der Waals surface area contributed by atoms with E-state index < -0.39 is 0 Å². The Kier molecular flexibility index (Phi) is 17.0. The molecular weight excluding hydrogens is 203 g/mol. The molecule has 0 aliphatic carbocycles. The predicted octanol–water partition coefficient (Wildman–Crippen LogP) is 2.93. The number of hydrogen-bond donors (Lipinski definition) is 0. The molecule has 1 heteroatoms. The van der Waals surface area contributed by atoms with Crippen LogP contribution in [-0.2, 0) is 0 Å². The first kappa shape index (κ1) is 19.3. The van der Waals surface area contributed by atoms with Crippen LogP contribution in [0.5, 0.6) is 0 Å².